The number of anilines is 4. The number of ether oxygens (including phenoxy) is 1. The summed E-state index contributed by atoms with van der Waals surface area (Å²) in [6.07, 6.45) is 2.84. The summed E-state index contributed by atoms with van der Waals surface area (Å²) in [4.78, 5) is 29.0. The summed E-state index contributed by atoms with van der Waals surface area (Å²) in [5.74, 6) is 0.868. The van der Waals surface area contributed by atoms with Crippen molar-refractivity contribution in [2.24, 2.45) is 0 Å². The number of amides is 2. The van der Waals surface area contributed by atoms with Crippen molar-refractivity contribution >= 4 is 35.1 Å². The molecule has 0 aliphatic carbocycles. The van der Waals surface area contributed by atoms with Crippen molar-refractivity contribution in [2.75, 3.05) is 35.6 Å². The van der Waals surface area contributed by atoms with Gasteiger partial charge in [-0.25, -0.2) is 4.79 Å². The molecule has 1 saturated heterocycles. The first-order valence-electron chi connectivity index (χ1n) is 9.56. The topological polar surface area (TPSA) is 121 Å². The van der Waals surface area contributed by atoms with E-state index in [1.807, 2.05) is 12.1 Å². The number of nitrogens with one attached hydrogen (secondary N) is 3. The molecular formula is C19H25N7O3. The number of carbonyl (C=O) groups is 2. The van der Waals surface area contributed by atoms with E-state index in [1.165, 1.54) is 13.1 Å². The summed E-state index contributed by atoms with van der Waals surface area (Å²) in [6, 6.07) is 7.44. The molecular weight excluding hydrogens is 374 g/mol. The number of likely N-dealkylation sites (tertiary alicyclic amines) is 1. The van der Waals surface area contributed by atoms with Gasteiger partial charge in [-0.3, -0.25) is 4.79 Å². The smallest absolute Gasteiger partial charge is 0.409 e. The molecule has 1 aromatic heterocycles. The van der Waals surface area contributed by atoms with Gasteiger partial charge < -0.3 is 25.6 Å². The Morgan fingerprint density at radius 2 is 1.86 bits per heavy atom. The van der Waals surface area contributed by atoms with E-state index < -0.39 is 0 Å². The van der Waals surface area contributed by atoms with Crippen molar-refractivity contribution in [3.63, 3.8) is 0 Å². The fourth-order valence-corrected chi connectivity index (χ4v) is 3.02. The number of nitrogens with zero attached hydrogens (tertiary/aromatic N) is 4. The van der Waals surface area contributed by atoms with Gasteiger partial charge >= 0.3 is 6.09 Å². The van der Waals surface area contributed by atoms with Crippen LogP contribution < -0.4 is 16.0 Å². The van der Waals surface area contributed by atoms with E-state index in [1.54, 1.807) is 24.0 Å². The third-order valence-electron chi connectivity index (χ3n) is 4.39. The van der Waals surface area contributed by atoms with Crippen LogP contribution in [0.25, 0.3) is 0 Å². The molecule has 29 heavy (non-hydrogen) atoms. The van der Waals surface area contributed by atoms with Crippen molar-refractivity contribution in [1.82, 2.24) is 20.1 Å². The molecule has 0 bridgehead atoms. The molecule has 0 saturated carbocycles. The summed E-state index contributed by atoms with van der Waals surface area (Å²) in [5, 5.41) is 17.2. The quantitative estimate of drug-likeness (QED) is 0.678. The van der Waals surface area contributed by atoms with Gasteiger partial charge in [0, 0.05) is 37.4 Å². The molecule has 1 aliphatic rings. The predicted molar refractivity (Wildman–Crippen MR) is 109 cm³/mol. The second-order valence-electron chi connectivity index (χ2n) is 6.65. The zero-order valence-corrected chi connectivity index (χ0v) is 16.5. The lowest BCUT2D eigenvalue weighted by Crippen LogP contribution is -2.42. The predicted octanol–water partition coefficient (Wildman–Crippen LogP) is 2.61. The Kier molecular flexibility index (Phi) is 6.77. The number of benzene rings is 1. The summed E-state index contributed by atoms with van der Waals surface area (Å²) in [6.45, 7) is 4.90. The maximum Gasteiger partial charge on any atom is 0.409 e. The van der Waals surface area contributed by atoms with Crippen LogP contribution >= 0.6 is 0 Å². The zero-order chi connectivity index (χ0) is 20.6. The Balaban J connectivity index is 1.53. The maximum absolute atomic E-state index is 11.8. The molecule has 0 unspecified atom stereocenters. The van der Waals surface area contributed by atoms with Gasteiger partial charge in [0.1, 0.15) is 0 Å². The van der Waals surface area contributed by atoms with Crippen LogP contribution in [0.5, 0.6) is 0 Å². The highest BCUT2D eigenvalue weighted by Crippen LogP contribution is 2.19. The molecule has 10 heteroatoms. The number of aromatic nitrogens is 3. The highest BCUT2D eigenvalue weighted by atomic mass is 16.6. The Morgan fingerprint density at radius 3 is 2.52 bits per heavy atom. The van der Waals surface area contributed by atoms with Crippen molar-refractivity contribution < 1.29 is 14.3 Å². The van der Waals surface area contributed by atoms with E-state index >= 15 is 0 Å². The van der Waals surface area contributed by atoms with Crippen LogP contribution in [0.4, 0.5) is 27.9 Å². The lowest BCUT2D eigenvalue weighted by atomic mass is 10.1. The van der Waals surface area contributed by atoms with Gasteiger partial charge in [-0.15, -0.1) is 5.10 Å². The lowest BCUT2D eigenvalue weighted by molar-refractivity contribution is -0.114. The van der Waals surface area contributed by atoms with Crippen LogP contribution in [0.15, 0.2) is 30.5 Å². The molecule has 1 fully saturated rings. The van der Waals surface area contributed by atoms with Gasteiger partial charge in [0.05, 0.1) is 12.8 Å². The minimum absolute atomic E-state index is 0.116. The Labute approximate surface area is 169 Å². The molecule has 3 rings (SSSR count). The van der Waals surface area contributed by atoms with E-state index in [0.717, 1.165) is 24.2 Å². The Morgan fingerprint density at radius 1 is 1.17 bits per heavy atom. The van der Waals surface area contributed by atoms with E-state index in [2.05, 4.69) is 31.1 Å². The molecule has 0 radical (unpaired) electrons. The number of hydrogen-bond donors (Lipinski definition) is 3. The summed E-state index contributed by atoms with van der Waals surface area (Å²) >= 11 is 0. The highest BCUT2D eigenvalue weighted by Gasteiger charge is 2.24. The Bertz CT molecular complexity index is 836. The molecule has 10 nitrogen and oxygen atoms in total. The molecule has 1 aliphatic heterocycles. The van der Waals surface area contributed by atoms with Crippen LogP contribution in [0.2, 0.25) is 0 Å². The van der Waals surface area contributed by atoms with Crippen LogP contribution in [0.3, 0.4) is 0 Å². The molecule has 0 atom stereocenters. The molecule has 2 heterocycles. The molecule has 2 aromatic rings. The molecule has 1 aromatic carbocycles. The SMILES string of the molecule is CCOC(=O)N1CCC(Nc2nncc(Nc3ccc(NC(C)=O)cc3)n2)CC1. The van der Waals surface area contributed by atoms with Crippen molar-refractivity contribution in [2.45, 2.75) is 32.7 Å². The molecule has 0 spiro atoms. The largest absolute Gasteiger partial charge is 0.450 e. The van der Waals surface area contributed by atoms with E-state index in [0.29, 0.717) is 31.5 Å². The number of piperidine rings is 1. The van der Waals surface area contributed by atoms with Gasteiger partial charge in [-0.1, -0.05) is 0 Å². The normalized spacial score (nSPS) is 14.2. The second-order valence-corrected chi connectivity index (χ2v) is 6.65. The monoisotopic (exact) mass is 399 g/mol. The van der Waals surface area contributed by atoms with Crippen LogP contribution in [0, 0.1) is 0 Å². The van der Waals surface area contributed by atoms with Gasteiger partial charge in [0.15, 0.2) is 5.82 Å². The second kappa shape index (κ2) is 9.67. The van der Waals surface area contributed by atoms with Gasteiger partial charge in [-0.2, -0.15) is 10.1 Å². The fourth-order valence-electron chi connectivity index (χ4n) is 3.02. The van der Waals surface area contributed by atoms with Crippen LogP contribution in [-0.4, -0.2) is 57.8 Å². The van der Waals surface area contributed by atoms with Crippen LogP contribution in [-0.2, 0) is 9.53 Å². The fraction of sp³-hybridized carbons (Fsp3) is 0.421. The number of rotatable bonds is 6. The van der Waals surface area contributed by atoms with Crippen molar-refractivity contribution in [3.8, 4) is 0 Å². The lowest BCUT2D eigenvalue weighted by Gasteiger charge is -2.31. The van der Waals surface area contributed by atoms with E-state index in [4.69, 9.17) is 4.74 Å². The van der Waals surface area contributed by atoms with Crippen molar-refractivity contribution in [3.05, 3.63) is 30.5 Å². The zero-order valence-electron chi connectivity index (χ0n) is 16.5. The summed E-state index contributed by atoms with van der Waals surface area (Å²) in [5.41, 5.74) is 1.54. The molecule has 154 valence electrons. The highest BCUT2D eigenvalue weighted by molar-refractivity contribution is 5.88. The van der Waals surface area contributed by atoms with Crippen molar-refractivity contribution in [1.29, 1.82) is 0 Å². The molecule has 3 N–H and O–H groups in total. The minimum Gasteiger partial charge on any atom is -0.450 e. The van der Waals surface area contributed by atoms with Gasteiger partial charge in [0.25, 0.3) is 0 Å². The number of hydrogen-bond acceptors (Lipinski definition) is 8. The average molecular weight is 399 g/mol. The summed E-state index contributed by atoms with van der Waals surface area (Å²) in [7, 11) is 0. The minimum atomic E-state index is -0.264. The van der Waals surface area contributed by atoms with Gasteiger partial charge in [0.2, 0.25) is 11.9 Å². The Hall–Kier alpha value is -3.43. The summed E-state index contributed by atoms with van der Waals surface area (Å²) < 4.78 is 5.04. The van der Waals surface area contributed by atoms with E-state index in [9.17, 15) is 9.59 Å². The first-order chi connectivity index (χ1) is 14.0. The first-order valence-corrected chi connectivity index (χ1v) is 9.56. The van der Waals surface area contributed by atoms with Crippen LogP contribution in [0.1, 0.15) is 26.7 Å². The third-order valence-corrected chi connectivity index (χ3v) is 4.39. The first kappa shape index (κ1) is 20.3. The average Bonchev–Trinajstić information content (AvgIpc) is 2.70. The molecule has 2 amide bonds. The van der Waals surface area contributed by atoms with Gasteiger partial charge in [-0.05, 0) is 44.0 Å². The third kappa shape index (κ3) is 6.03. The standard InChI is InChI=1S/C19H25N7O3/c1-3-29-19(28)26-10-8-16(9-11-26)23-18-24-17(12-20-25-18)22-15-6-4-14(5-7-15)21-13(2)27/h4-7,12,16H,3,8-11H2,1-2H3,(H,21,27)(H2,22,23,24,25). The van der Waals surface area contributed by atoms with E-state index in [-0.39, 0.29) is 18.0 Å². The maximum atomic E-state index is 11.8. The number of carbonyl (C=O) groups excluding carboxylic acids is 2.